The molecule has 208 valence electrons. The maximum Gasteiger partial charge on any atom is 0.484 e. The first-order valence-corrected chi connectivity index (χ1v) is 13.8. The van der Waals surface area contributed by atoms with Crippen LogP contribution in [0.3, 0.4) is 0 Å². The number of ketones is 1. The van der Waals surface area contributed by atoms with Gasteiger partial charge in [0.25, 0.3) is 5.79 Å². The van der Waals surface area contributed by atoms with Crippen LogP contribution in [-0.4, -0.2) is 76.9 Å². The van der Waals surface area contributed by atoms with E-state index in [-0.39, 0.29) is 5.96 Å². The standard InChI is InChI=1S/C19H25N5O12P2/c1-4-6-18(21)12(25)11(34-16(18)24-7-5-10-8(2)22-17(20)23-15(10)24)9(3)33-14-13(26)19(14,27)35-38(31,32)36-37(28,29)30/h5,7,9,11-12,14,16,25,27H,2,21H2,1,3H3,(H,31,32)(H3,20,22,23)(H2,28,29,30)/t9-,11+,12?,14?,16+,18?,19?/m0/s1. The molecule has 1 aromatic heterocycles. The summed E-state index contributed by atoms with van der Waals surface area (Å²) in [5.74, 6) is 1.42. The lowest BCUT2D eigenvalue weighted by Crippen LogP contribution is -2.54. The van der Waals surface area contributed by atoms with Crippen LogP contribution < -0.4 is 16.8 Å². The number of hydrogen-bond acceptors (Lipinski definition) is 13. The smallest absolute Gasteiger partial charge is 0.387 e. The summed E-state index contributed by atoms with van der Waals surface area (Å²) in [4.78, 5) is 43.3. The second kappa shape index (κ2) is 9.35. The third-order valence-electron chi connectivity index (χ3n) is 5.95. The highest BCUT2D eigenvalue weighted by Gasteiger charge is 2.72. The van der Waals surface area contributed by atoms with E-state index in [1.165, 1.54) is 18.4 Å². The lowest BCUT2D eigenvalue weighted by molar-refractivity contribution is -0.148. The van der Waals surface area contributed by atoms with Gasteiger partial charge in [-0.25, -0.2) is 13.7 Å². The number of aliphatic imine (C=N–C) groups is 1. The van der Waals surface area contributed by atoms with E-state index in [1.807, 2.05) is 0 Å². The maximum absolute atomic E-state index is 12.1. The minimum atomic E-state index is -5.59. The van der Waals surface area contributed by atoms with Crippen LogP contribution in [-0.2, 0) is 32.2 Å². The number of nitrogens with zero attached hydrogens (tertiary/aromatic N) is 2. The molecule has 0 spiro atoms. The number of aliphatic hydroxyl groups is 2. The number of carbonyl (C=O) groups excluding carboxylic acids is 1. The number of carbonyl (C=O) groups is 1. The van der Waals surface area contributed by atoms with E-state index >= 15 is 0 Å². The van der Waals surface area contributed by atoms with Crippen molar-refractivity contribution in [2.45, 2.75) is 55.8 Å². The molecule has 0 bridgehead atoms. The Bertz CT molecular complexity index is 1380. The van der Waals surface area contributed by atoms with Crippen LogP contribution in [0.2, 0.25) is 0 Å². The van der Waals surface area contributed by atoms with Crippen molar-refractivity contribution in [2.24, 2.45) is 16.5 Å². The predicted octanol–water partition coefficient (Wildman–Crippen LogP) is -1.74. The van der Waals surface area contributed by atoms with E-state index < -0.39 is 63.4 Å². The zero-order valence-electron chi connectivity index (χ0n) is 19.8. The fraction of sp³-hybridized carbons (Fsp3) is 0.474. The molecule has 38 heavy (non-hydrogen) atoms. The number of fused-ring (bicyclic) bond motifs is 1. The molecule has 0 radical (unpaired) electrons. The Kier molecular flexibility index (Phi) is 7.03. The molecule has 19 heteroatoms. The number of guanidine groups is 1. The van der Waals surface area contributed by atoms with E-state index in [1.54, 1.807) is 12.3 Å². The van der Waals surface area contributed by atoms with Crippen LogP contribution in [0.4, 0.5) is 5.82 Å². The second-order valence-corrected chi connectivity index (χ2v) is 11.4. The average Bonchev–Trinajstić information content (AvgIpc) is 3.06. The van der Waals surface area contributed by atoms with Gasteiger partial charge in [-0.1, -0.05) is 12.5 Å². The largest absolute Gasteiger partial charge is 0.484 e. The molecule has 17 nitrogen and oxygen atoms in total. The van der Waals surface area contributed by atoms with Gasteiger partial charge in [-0.15, -0.1) is 5.92 Å². The van der Waals surface area contributed by atoms with Crippen LogP contribution in [0.1, 0.15) is 25.6 Å². The van der Waals surface area contributed by atoms with Crippen LogP contribution in [0.5, 0.6) is 0 Å². The van der Waals surface area contributed by atoms with Crippen molar-refractivity contribution in [3.63, 3.8) is 0 Å². The third-order valence-corrected chi connectivity index (χ3v) is 8.13. The first-order chi connectivity index (χ1) is 17.4. The molecule has 1 saturated carbocycles. The van der Waals surface area contributed by atoms with E-state index in [2.05, 4.69) is 37.6 Å². The Morgan fingerprint density at radius 2 is 2.03 bits per heavy atom. The summed E-state index contributed by atoms with van der Waals surface area (Å²) in [6.45, 7) is 6.71. The molecule has 1 saturated heterocycles. The summed E-state index contributed by atoms with van der Waals surface area (Å²) in [7, 11) is -11.1. The van der Waals surface area contributed by atoms with Gasteiger partial charge in [0.15, 0.2) is 23.8 Å². The number of rotatable bonds is 8. The quantitative estimate of drug-likeness (QED) is 0.0967. The van der Waals surface area contributed by atoms with Gasteiger partial charge in [0.1, 0.15) is 18.0 Å². The Morgan fingerprint density at radius 1 is 1.37 bits per heavy atom. The van der Waals surface area contributed by atoms with Crippen LogP contribution in [0.25, 0.3) is 5.70 Å². The van der Waals surface area contributed by atoms with Crippen LogP contribution >= 0.6 is 15.6 Å². The van der Waals surface area contributed by atoms with E-state index in [4.69, 9.17) is 30.7 Å². The Labute approximate surface area is 214 Å². The van der Waals surface area contributed by atoms with Crippen LogP contribution in [0, 0.1) is 11.8 Å². The molecule has 2 fully saturated rings. The molecule has 0 amide bonds. The molecule has 8 atom stereocenters. The van der Waals surface area contributed by atoms with Crippen molar-refractivity contribution in [3.05, 3.63) is 24.4 Å². The lowest BCUT2D eigenvalue weighted by atomic mass is 9.90. The second-order valence-electron chi connectivity index (χ2n) is 8.68. The van der Waals surface area contributed by atoms with E-state index in [9.17, 15) is 29.0 Å². The number of aliphatic hydroxyl groups excluding tert-OH is 1. The van der Waals surface area contributed by atoms with E-state index in [0.717, 1.165) is 0 Å². The predicted molar refractivity (Wildman–Crippen MR) is 127 cm³/mol. The first-order valence-electron chi connectivity index (χ1n) is 10.7. The number of phosphoric ester groups is 1. The summed E-state index contributed by atoms with van der Waals surface area (Å²) in [5, 5.41) is 24.2. The van der Waals surface area contributed by atoms with Crippen LogP contribution in [0.15, 0.2) is 23.8 Å². The Balaban J connectivity index is 1.56. The van der Waals surface area contributed by atoms with Gasteiger partial charge < -0.3 is 55.7 Å². The summed E-state index contributed by atoms with van der Waals surface area (Å²) < 4.78 is 43.4. The molecule has 10 N–H and O–H groups in total. The van der Waals surface area contributed by atoms with Gasteiger partial charge >= 0.3 is 15.6 Å². The summed E-state index contributed by atoms with van der Waals surface area (Å²) in [5.41, 5.74) is 11.6. The Hall–Kier alpha value is -2.42. The van der Waals surface area contributed by atoms with E-state index in [0.29, 0.717) is 17.1 Å². The number of aromatic nitrogens is 1. The SMILES string of the molecule is C=C1NC(N)=Nc2c1ccn2[C@@H]1O[C@H]([C@H](C)OC2C(=O)C2(O)OP(=O)(O)OP(=O)(O)O)C(O)C1(N)C#CC. The summed E-state index contributed by atoms with van der Waals surface area (Å²) >= 11 is 0. The summed E-state index contributed by atoms with van der Waals surface area (Å²) in [6, 6.07) is 1.66. The molecular weight excluding hydrogens is 552 g/mol. The van der Waals surface area contributed by atoms with Gasteiger partial charge in [-0.3, -0.25) is 4.79 Å². The number of hydrogen-bond donors (Lipinski definition) is 8. The van der Waals surface area contributed by atoms with Crippen molar-refractivity contribution in [2.75, 3.05) is 0 Å². The topological polar surface area (TPSA) is 271 Å². The number of nitrogens with two attached hydrogens (primary N) is 2. The van der Waals surface area contributed by atoms with Gasteiger partial charge in [0.05, 0.1) is 6.10 Å². The zero-order chi connectivity index (χ0) is 28.4. The number of phosphoric acid groups is 2. The highest BCUT2D eigenvalue weighted by Crippen LogP contribution is 2.61. The first kappa shape index (κ1) is 28.6. The lowest BCUT2D eigenvalue weighted by Gasteiger charge is -2.29. The highest BCUT2D eigenvalue weighted by molar-refractivity contribution is 7.60. The van der Waals surface area contributed by atoms with Gasteiger partial charge in [-0.05, 0) is 19.9 Å². The average molecular weight is 577 g/mol. The molecule has 1 aliphatic carbocycles. The van der Waals surface area contributed by atoms with Gasteiger partial charge in [-0.2, -0.15) is 9.30 Å². The van der Waals surface area contributed by atoms with Crippen molar-refractivity contribution in [3.8, 4) is 11.8 Å². The normalized spacial score (nSPS) is 34.9. The molecule has 1 aromatic rings. The molecular formula is C19H25N5O12P2. The maximum atomic E-state index is 12.1. The van der Waals surface area contributed by atoms with Crippen molar-refractivity contribution in [1.29, 1.82) is 0 Å². The minimum absolute atomic E-state index is 0.0499. The zero-order valence-corrected chi connectivity index (χ0v) is 21.6. The fourth-order valence-electron chi connectivity index (χ4n) is 4.23. The van der Waals surface area contributed by atoms with Crippen molar-refractivity contribution in [1.82, 2.24) is 9.88 Å². The van der Waals surface area contributed by atoms with Crippen molar-refractivity contribution < 1.29 is 57.1 Å². The minimum Gasteiger partial charge on any atom is -0.387 e. The van der Waals surface area contributed by atoms with Crippen molar-refractivity contribution >= 4 is 38.9 Å². The number of Topliss-reactive ketones (excluding diaryl/α,β-unsaturated/α-hetero) is 1. The summed E-state index contributed by atoms with van der Waals surface area (Å²) in [6.07, 6.45) is -5.52. The Morgan fingerprint density at radius 3 is 2.63 bits per heavy atom. The number of nitrogens with one attached hydrogen (secondary N) is 1. The highest BCUT2D eigenvalue weighted by atomic mass is 31.3. The van der Waals surface area contributed by atoms with Gasteiger partial charge in [0.2, 0.25) is 5.78 Å². The molecule has 5 unspecified atom stereocenters. The molecule has 3 heterocycles. The fourth-order valence-corrected chi connectivity index (χ4v) is 5.98. The third kappa shape index (κ3) is 4.98. The molecule has 2 aliphatic heterocycles. The molecule has 3 aliphatic rings. The molecule has 4 rings (SSSR count). The van der Waals surface area contributed by atoms with Gasteiger partial charge in [0, 0.05) is 17.5 Å². The number of ether oxygens (including phenoxy) is 2. The monoisotopic (exact) mass is 577 g/mol. The molecule has 0 aromatic carbocycles.